The van der Waals surface area contributed by atoms with Gasteiger partial charge in [0.15, 0.2) is 17.5 Å². The van der Waals surface area contributed by atoms with Crippen LogP contribution in [-0.2, 0) is 22.6 Å². The van der Waals surface area contributed by atoms with E-state index in [0.717, 1.165) is 42.7 Å². The van der Waals surface area contributed by atoms with E-state index >= 15 is 0 Å². The topological polar surface area (TPSA) is 64.1 Å². The molecule has 1 unspecified atom stereocenters. The summed E-state index contributed by atoms with van der Waals surface area (Å²) in [6.45, 7) is 4.74. The molecule has 2 aromatic rings. The summed E-state index contributed by atoms with van der Waals surface area (Å²) in [5, 5.41) is 6.61. The van der Waals surface area contributed by atoms with Crippen LogP contribution < -0.4 is 15.4 Å². The zero-order valence-corrected chi connectivity index (χ0v) is 18.5. The van der Waals surface area contributed by atoms with Gasteiger partial charge in [0.2, 0.25) is 0 Å². The highest BCUT2D eigenvalue weighted by molar-refractivity contribution is 5.80. The molecule has 1 aliphatic rings. The first-order valence-corrected chi connectivity index (χ1v) is 10.7. The van der Waals surface area contributed by atoms with E-state index in [1.807, 2.05) is 19.1 Å². The van der Waals surface area contributed by atoms with Crippen molar-refractivity contribution in [3.05, 3.63) is 65.0 Å². The predicted molar refractivity (Wildman–Crippen MR) is 120 cm³/mol. The van der Waals surface area contributed by atoms with Crippen molar-refractivity contribution >= 4 is 5.96 Å². The fourth-order valence-electron chi connectivity index (χ4n) is 3.51. The zero-order chi connectivity index (χ0) is 22.1. The second kappa shape index (κ2) is 11.7. The Morgan fingerprint density at radius 1 is 1.19 bits per heavy atom. The maximum Gasteiger partial charge on any atom is 0.191 e. The zero-order valence-electron chi connectivity index (χ0n) is 18.5. The van der Waals surface area contributed by atoms with Crippen LogP contribution in [0.1, 0.15) is 42.5 Å². The monoisotopic (exact) mass is 429 g/mol. The number of halogens is 1. The van der Waals surface area contributed by atoms with Gasteiger partial charge in [-0.3, -0.25) is 4.99 Å². The predicted octanol–water partition coefficient (Wildman–Crippen LogP) is 3.96. The Morgan fingerprint density at radius 2 is 1.97 bits per heavy atom. The molecule has 0 aromatic heterocycles. The fraction of sp³-hybridized carbons (Fsp3) is 0.458. The van der Waals surface area contributed by atoms with Crippen LogP contribution in [0.4, 0.5) is 4.39 Å². The molecule has 0 saturated carbocycles. The summed E-state index contributed by atoms with van der Waals surface area (Å²) in [5.74, 6) is 0.503. The summed E-state index contributed by atoms with van der Waals surface area (Å²) in [4.78, 5) is 4.28. The van der Waals surface area contributed by atoms with Crippen LogP contribution in [0.25, 0.3) is 0 Å². The van der Waals surface area contributed by atoms with Crippen LogP contribution in [0.3, 0.4) is 0 Å². The molecule has 0 aliphatic carbocycles. The van der Waals surface area contributed by atoms with E-state index in [4.69, 9.17) is 14.2 Å². The van der Waals surface area contributed by atoms with E-state index in [9.17, 15) is 4.39 Å². The molecule has 7 heteroatoms. The van der Waals surface area contributed by atoms with Gasteiger partial charge in [-0.2, -0.15) is 0 Å². The van der Waals surface area contributed by atoms with E-state index in [-0.39, 0.29) is 23.7 Å². The third kappa shape index (κ3) is 6.94. The van der Waals surface area contributed by atoms with Crippen molar-refractivity contribution in [3.63, 3.8) is 0 Å². The average molecular weight is 430 g/mol. The van der Waals surface area contributed by atoms with E-state index in [1.165, 1.54) is 13.2 Å². The molecule has 1 aliphatic heterocycles. The number of ether oxygens (including phenoxy) is 3. The molecule has 2 N–H and O–H groups in total. The molecular formula is C24H32FN3O3. The normalized spacial score (nSPS) is 16.1. The standard InChI is InChI=1S/C24H32FN3O3/c1-17(20-7-8-23(29-3)22(25)14-20)28-24(26-2)27-15-18-5-4-6-19(13-18)16-31-21-9-11-30-12-10-21/h4-8,13-14,17,21H,9-12,15-16H2,1-3H3,(H2,26,27,28). The molecule has 1 saturated heterocycles. The highest BCUT2D eigenvalue weighted by atomic mass is 19.1. The molecular weight excluding hydrogens is 397 g/mol. The van der Waals surface area contributed by atoms with E-state index in [0.29, 0.717) is 19.1 Å². The Hall–Kier alpha value is -2.64. The van der Waals surface area contributed by atoms with Gasteiger partial charge in [-0.15, -0.1) is 0 Å². The smallest absolute Gasteiger partial charge is 0.191 e. The third-order valence-corrected chi connectivity index (χ3v) is 5.36. The molecule has 6 nitrogen and oxygen atoms in total. The van der Waals surface area contributed by atoms with Gasteiger partial charge < -0.3 is 24.8 Å². The van der Waals surface area contributed by atoms with Crippen molar-refractivity contribution in [1.82, 2.24) is 10.6 Å². The van der Waals surface area contributed by atoms with Gasteiger partial charge in [-0.25, -0.2) is 4.39 Å². The van der Waals surface area contributed by atoms with Crippen LogP contribution in [0.5, 0.6) is 5.75 Å². The van der Waals surface area contributed by atoms with Gasteiger partial charge in [-0.05, 0) is 48.6 Å². The lowest BCUT2D eigenvalue weighted by Gasteiger charge is -2.22. The Morgan fingerprint density at radius 3 is 2.68 bits per heavy atom. The number of nitrogens with zero attached hydrogens (tertiary/aromatic N) is 1. The molecule has 0 bridgehead atoms. The Bertz CT molecular complexity index is 869. The van der Waals surface area contributed by atoms with Gasteiger partial charge >= 0.3 is 0 Å². The first kappa shape index (κ1) is 23.0. The summed E-state index contributed by atoms with van der Waals surface area (Å²) in [5.41, 5.74) is 3.10. The van der Waals surface area contributed by atoms with Gasteiger partial charge in [0.05, 0.1) is 25.9 Å². The third-order valence-electron chi connectivity index (χ3n) is 5.36. The minimum absolute atomic E-state index is 0.120. The van der Waals surface area contributed by atoms with Crippen LogP contribution in [0, 0.1) is 5.82 Å². The van der Waals surface area contributed by atoms with Crippen molar-refractivity contribution in [2.45, 2.75) is 45.1 Å². The van der Waals surface area contributed by atoms with Crippen molar-refractivity contribution in [2.75, 3.05) is 27.4 Å². The number of hydrogen-bond acceptors (Lipinski definition) is 4. The van der Waals surface area contributed by atoms with Gasteiger partial charge in [0.25, 0.3) is 0 Å². The number of aliphatic imine (C=N–C) groups is 1. The van der Waals surface area contributed by atoms with Crippen LogP contribution in [-0.4, -0.2) is 39.4 Å². The lowest BCUT2D eigenvalue weighted by molar-refractivity contribution is -0.0390. The maximum atomic E-state index is 14.0. The molecule has 0 spiro atoms. The molecule has 1 fully saturated rings. The van der Waals surface area contributed by atoms with E-state index in [1.54, 1.807) is 13.1 Å². The molecule has 1 atom stereocenters. The van der Waals surface area contributed by atoms with Crippen molar-refractivity contribution in [1.29, 1.82) is 0 Å². The Balaban J connectivity index is 1.51. The summed E-state index contributed by atoms with van der Waals surface area (Å²) < 4.78 is 30.4. The van der Waals surface area contributed by atoms with Gasteiger partial charge in [0.1, 0.15) is 0 Å². The van der Waals surface area contributed by atoms with Crippen molar-refractivity contribution in [2.24, 2.45) is 4.99 Å². The summed E-state index contributed by atoms with van der Waals surface area (Å²) in [7, 11) is 3.17. The van der Waals surface area contributed by atoms with Crippen molar-refractivity contribution in [3.8, 4) is 5.75 Å². The van der Waals surface area contributed by atoms with E-state index < -0.39 is 0 Å². The highest BCUT2D eigenvalue weighted by Gasteiger charge is 2.14. The lowest BCUT2D eigenvalue weighted by Crippen LogP contribution is -2.38. The molecule has 168 valence electrons. The summed E-state index contributed by atoms with van der Waals surface area (Å²) in [6, 6.07) is 13.2. The minimum Gasteiger partial charge on any atom is -0.494 e. The first-order valence-electron chi connectivity index (χ1n) is 10.7. The molecule has 1 heterocycles. The highest BCUT2D eigenvalue weighted by Crippen LogP contribution is 2.21. The second-order valence-electron chi connectivity index (χ2n) is 7.63. The number of nitrogens with one attached hydrogen (secondary N) is 2. The molecule has 0 radical (unpaired) electrons. The maximum absolute atomic E-state index is 14.0. The largest absolute Gasteiger partial charge is 0.494 e. The van der Waals surface area contributed by atoms with Gasteiger partial charge in [-0.1, -0.05) is 30.3 Å². The lowest BCUT2D eigenvalue weighted by atomic mass is 10.1. The SMILES string of the molecule is CN=C(NCc1cccc(COC2CCOCC2)c1)NC(C)c1ccc(OC)c(F)c1. The van der Waals surface area contributed by atoms with Gasteiger partial charge in [0, 0.05) is 26.8 Å². The number of guanidine groups is 1. The summed E-state index contributed by atoms with van der Waals surface area (Å²) >= 11 is 0. The number of methoxy groups -OCH3 is 1. The number of rotatable bonds is 8. The Kier molecular flexibility index (Phi) is 8.67. The first-order chi connectivity index (χ1) is 15.1. The van der Waals surface area contributed by atoms with Crippen molar-refractivity contribution < 1.29 is 18.6 Å². The molecule has 3 rings (SSSR count). The fourth-order valence-corrected chi connectivity index (χ4v) is 3.51. The molecule has 2 aromatic carbocycles. The van der Waals surface area contributed by atoms with E-state index in [2.05, 4.69) is 33.8 Å². The summed E-state index contributed by atoms with van der Waals surface area (Å²) in [6.07, 6.45) is 2.20. The van der Waals surface area contributed by atoms with Crippen LogP contribution >= 0.6 is 0 Å². The molecule has 0 amide bonds. The molecule has 31 heavy (non-hydrogen) atoms. The Labute approximate surface area is 183 Å². The average Bonchev–Trinajstić information content (AvgIpc) is 2.81. The second-order valence-corrected chi connectivity index (χ2v) is 7.63. The van der Waals surface area contributed by atoms with Crippen LogP contribution in [0.2, 0.25) is 0 Å². The number of benzene rings is 2. The number of hydrogen-bond donors (Lipinski definition) is 2. The quantitative estimate of drug-likeness (QED) is 0.491. The van der Waals surface area contributed by atoms with Crippen LogP contribution in [0.15, 0.2) is 47.5 Å². The minimum atomic E-state index is -0.378.